The summed E-state index contributed by atoms with van der Waals surface area (Å²) in [6, 6.07) is 23.7. The average molecular weight is 404 g/mol. The summed E-state index contributed by atoms with van der Waals surface area (Å²) in [7, 11) is 0. The number of carbonyl (C=O) groups is 1. The molecule has 3 rings (SSSR count). The summed E-state index contributed by atoms with van der Waals surface area (Å²) in [5, 5.41) is 2.88. The van der Waals surface area contributed by atoms with Crippen LogP contribution in [0.4, 0.5) is 5.69 Å². The van der Waals surface area contributed by atoms with Crippen molar-refractivity contribution in [3.8, 4) is 11.5 Å². The van der Waals surface area contributed by atoms with Gasteiger partial charge in [-0.05, 0) is 47.7 Å². The van der Waals surface area contributed by atoms with Crippen LogP contribution in [-0.4, -0.2) is 19.1 Å². The molecule has 4 nitrogen and oxygen atoms in total. The van der Waals surface area contributed by atoms with Gasteiger partial charge in [-0.25, -0.2) is 0 Å². The molecule has 0 aromatic heterocycles. The average Bonchev–Trinajstić information content (AvgIpc) is 2.73. The zero-order chi connectivity index (χ0) is 21.3. The van der Waals surface area contributed by atoms with Crippen molar-refractivity contribution >= 4 is 11.6 Å². The molecule has 4 heteroatoms. The van der Waals surface area contributed by atoms with Gasteiger partial charge in [0.05, 0.1) is 6.61 Å². The normalized spacial score (nSPS) is 10.7. The van der Waals surface area contributed by atoms with Crippen LogP contribution in [0.2, 0.25) is 0 Å². The standard InChI is InChI=1S/C26H29NO3/c1-19(2)24-13-12-20(3)16-25(24)30-18-26(28)27-22-10-7-11-23(17-22)29-15-14-21-8-5-4-6-9-21/h4-13,16-17,19H,14-15,18H2,1-3H3,(H,27,28). The Morgan fingerprint density at radius 2 is 1.73 bits per heavy atom. The van der Waals surface area contributed by atoms with Gasteiger partial charge in [-0.3, -0.25) is 4.79 Å². The van der Waals surface area contributed by atoms with Crippen LogP contribution < -0.4 is 14.8 Å². The molecule has 0 aliphatic carbocycles. The van der Waals surface area contributed by atoms with Gasteiger partial charge in [0.2, 0.25) is 0 Å². The number of carbonyl (C=O) groups excluding carboxylic acids is 1. The number of nitrogens with one attached hydrogen (secondary N) is 1. The Morgan fingerprint density at radius 3 is 2.50 bits per heavy atom. The highest BCUT2D eigenvalue weighted by molar-refractivity contribution is 5.92. The molecule has 0 saturated carbocycles. The van der Waals surface area contributed by atoms with Crippen LogP contribution in [0.1, 0.15) is 36.5 Å². The second-order valence-electron chi connectivity index (χ2n) is 7.64. The van der Waals surface area contributed by atoms with Gasteiger partial charge in [-0.15, -0.1) is 0 Å². The number of hydrogen-bond donors (Lipinski definition) is 1. The van der Waals surface area contributed by atoms with E-state index in [4.69, 9.17) is 9.47 Å². The fraction of sp³-hybridized carbons (Fsp3) is 0.269. The molecule has 1 N–H and O–H groups in total. The fourth-order valence-electron chi connectivity index (χ4n) is 3.18. The Bertz CT molecular complexity index is 967. The van der Waals surface area contributed by atoms with Gasteiger partial charge in [0.25, 0.3) is 5.91 Å². The summed E-state index contributed by atoms with van der Waals surface area (Å²) in [6.07, 6.45) is 0.833. The maximum Gasteiger partial charge on any atom is 0.262 e. The van der Waals surface area contributed by atoms with Crippen molar-refractivity contribution in [1.82, 2.24) is 0 Å². The van der Waals surface area contributed by atoms with Crippen LogP contribution in [-0.2, 0) is 11.2 Å². The van der Waals surface area contributed by atoms with E-state index in [0.717, 1.165) is 29.0 Å². The topological polar surface area (TPSA) is 47.6 Å². The summed E-state index contributed by atoms with van der Waals surface area (Å²) >= 11 is 0. The van der Waals surface area contributed by atoms with Gasteiger partial charge in [0.15, 0.2) is 6.61 Å². The van der Waals surface area contributed by atoms with E-state index in [9.17, 15) is 4.79 Å². The third-order valence-corrected chi connectivity index (χ3v) is 4.77. The number of amides is 1. The second kappa shape index (κ2) is 10.5. The molecule has 0 saturated heterocycles. The van der Waals surface area contributed by atoms with E-state index in [1.54, 1.807) is 0 Å². The first-order valence-corrected chi connectivity index (χ1v) is 10.3. The van der Waals surface area contributed by atoms with Crippen molar-refractivity contribution in [3.63, 3.8) is 0 Å². The minimum Gasteiger partial charge on any atom is -0.493 e. The third-order valence-electron chi connectivity index (χ3n) is 4.77. The predicted octanol–water partition coefficient (Wildman–Crippen LogP) is 5.76. The van der Waals surface area contributed by atoms with Crippen LogP contribution in [0.5, 0.6) is 11.5 Å². The first-order valence-electron chi connectivity index (χ1n) is 10.3. The van der Waals surface area contributed by atoms with E-state index in [1.807, 2.05) is 55.5 Å². The molecule has 156 valence electrons. The minimum atomic E-state index is -0.201. The van der Waals surface area contributed by atoms with Crippen molar-refractivity contribution < 1.29 is 14.3 Å². The number of ether oxygens (including phenoxy) is 2. The van der Waals surface area contributed by atoms with E-state index in [2.05, 4.69) is 43.4 Å². The van der Waals surface area contributed by atoms with Gasteiger partial charge in [0.1, 0.15) is 11.5 Å². The Labute approximate surface area is 178 Å². The summed E-state index contributed by atoms with van der Waals surface area (Å²) in [5.74, 6) is 1.62. The highest BCUT2D eigenvalue weighted by Gasteiger charge is 2.11. The van der Waals surface area contributed by atoms with E-state index in [1.165, 1.54) is 5.56 Å². The number of benzene rings is 3. The molecule has 0 bridgehead atoms. The van der Waals surface area contributed by atoms with Crippen molar-refractivity contribution in [2.24, 2.45) is 0 Å². The Morgan fingerprint density at radius 1 is 0.933 bits per heavy atom. The monoisotopic (exact) mass is 403 g/mol. The number of aryl methyl sites for hydroxylation is 1. The Kier molecular flexibility index (Phi) is 7.50. The smallest absolute Gasteiger partial charge is 0.262 e. The molecule has 0 spiro atoms. The zero-order valence-corrected chi connectivity index (χ0v) is 17.9. The first-order chi connectivity index (χ1) is 14.5. The van der Waals surface area contributed by atoms with Crippen molar-refractivity contribution in [3.05, 3.63) is 89.5 Å². The molecule has 0 aliphatic rings. The molecule has 1 amide bonds. The van der Waals surface area contributed by atoms with Crippen LogP contribution in [0.15, 0.2) is 72.8 Å². The SMILES string of the molecule is Cc1ccc(C(C)C)c(OCC(=O)Nc2cccc(OCCc3ccccc3)c2)c1. The molecule has 0 unspecified atom stereocenters. The van der Waals surface area contributed by atoms with Crippen LogP contribution in [0.25, 0.3) is 0 Å². The van der Waals surface area contributed by atoms with Gasteiger partial charge < -0.3 is 14.8 Å². The maximum atomic E-state index is 12.4. The van der Waals surface area contributed by atoms with Crippen LogP contribution in [0, 0.1) is 6.92 Å². The Hall–Kier alpha value is -3.27. The molecule has 0 aliphatic heterocycles. The molecule has 3 aromatic rings. The summed E-state index contributed by atoms with van der Waals surface area (Å²) < 4.78 is 11.6. The summed E-state index contributed by atoms with van der Waals surface area (Å²) in [4.78, 5) is 12.4. The van der Waals surface area contributed by atoms with Crippen molar-refractivity contribution in [2.45, 2.75) is 33.1 Å². The molecule has 30 heavy (non-hydrogen) atoms. The van der Waals surface area contributed by atoms with E-state index in [0.29, 0.717) is 18.2 Å². The lowest BCUT2D eigenvalue weighted by molar-refractivity contribution is -0.118. The van der Waals surface area contributed by atoms with Crippen LogP contribution >= 0.6 is 0 Å². The van der Waals surface area contributed by atoms with Gasteiger partial charge in [-0.1, -0.05) is 62.4 Å². The highest BCUT2D eigenvalue weighted by atomic mass is 16.5. The molecular weight excluding hydrogens is 374 g/mol. The van der Waals surface area contributed by atoms with E-state index >= 15 is 0 Å². The molecular formula is C26H29NO3. The summed E-state index contributed by atoms with van der Waals surface area (Å²) in [6.45, 7) is 6.78. The maximum absolute atomic E-state index is 12.4. The van der Waals surface area contributed by atoms with Crippen molar-refractivity contribution in [1.29, 1.82) is 0 Å². The minimum absolute atomic E-state index is 0.0394. The zero-order valence-electron chi connectivity index (χ0n) is 17.9. The Balaban J connectivity index is 1.52. The molecule has 0 radical (unpaired) electrons. The third kappa shape index (κ3) is 6.38. The van der Waals surface area contributed by atoms with E-state index in [-0.39, 0.29) is 12.5 Å². The van der Waals surface area contributed by atoms with Gasteiger partial charge in [0, 0.05) is 18.2 Å². The second-order valence-corrected chi connectivity index (χ2v) is 7.64. The quantitative estimate of drug-likeness (QED) is 0.494. The van der Waals surface area contributed by atoms with Crippen molar-refractivity contribution in [2.75, 3.05) is 18.5 Å². The lowest BCUT2D eigenvalue weighted by Gasteiger charge is -2.15. The van der Waals surface area contributed by atoms with Gasteiger partial charge >= 0.3 is 0 Å². The molecule has 0 atom stereocenters. The molecule has 3 aromatic carbocycles. The predicted molar refractivity (Wildman–Crippen MR) is 121 cm³/mol. The fourth-order valence-corrected chi connectivity index (χ4v) is 3.18. The number of anilines is 1. The summed E-state index contributed by atoms with van der Waals surface area (Å²) in [5.41, 5.74) is 4.13. The lowest BCUT2D eigenvalue weighted by Crippen LogP contribution is -2.20. The first kappa shape index (κ1) is 21.4. The number of hydrogen-bond acceptors (Lipinski definition) is 3. The lowest BCUT2D eigenvalue weighted by atomic mass is 10.0. The highest BCUT2D eigenvalue weighted by Crippen LogP contribution is 2.27. The molecule has 0 fully saturated rings. The van der Waals surface area contributed by atoms with Gasteiger partial charge in [-0.2, -0.15) is 0 Å². The molecule has 0 heterocycles. The largest absolute Gasteiger partial charge is 0.493 e. The van der Waals surface area contributed by atoms with E-state index < -0.39 is 0 Å². The number of rotatable bonds is 9. The van der Waals surface area contributed by atoms with Crippen LogP contribution in [0.3, 0.4) is 0 Å².